The van der Waals surface area contributed by atoms with Crippen molar-refractivity contribution < 1.29 is 9.50 Å². The summed E-state index contributed by atoms with van der Waals surface area (Å²) in [4.78, 5) is 11.2. The molecule has 31 heavy (non-hydrogen) atoms. The number of phenolic OH excluding ortho intramolecular Hbond substituents is 1. The third-order valence-electron chi connectivity index (χ3n) is 5.62. The summed E-state index contributed by atoms with van der Waals surface area (Å²) in [6, 6.07) is 14.6. The predicted octanol–water partition coefficient (Wildman–Crippen LogP) is 3.44. The summed E-state index contributed by atoms with van der Waals surface area (Å²) in [5.74, 6) is 0.436. The Morgan fingerprint density at radius 3 is 2.77 bits per heavy atom. The zero-order valence-corrected chi connectivity index (χ0v) is 17.7. The highest BCUT2D eigenvalue weighted by Crippen LogP contribution is 2.24. The van der Waals surface area contributed by atoms with Crippen molar-refractivity contribution in [3.05, 3.63) is 71.7 Å². The molecule has 0 amide bonds. The van der Waals surface area contributed by atoms with Crippen molar-refractivity contribution in [1.82, 2.24) is 20.2 Å². The van der Waals surface area contributed by atoms with Gasteiger partial charge in [-0.15, -0.1) is 0 Å². The number of rotatable bonds is 7. The van der Waals surface area contributed by atoms with Gasteiger partial charge in [-0.1, -0.05) is 18.2 Å². The predicted molar refractivity (Wildman–Crippen MR) is 120 cm³/mol. The Kier molecular flexibility index (Phi) is 6.74. The Bertz CT molecular complexity index is 1010. The molecule has 2 aromatic carbocycles. The first-order valence-electron chi connectivity index (χ1n) is 10.7. The first-order chi connectivity index (χ1) is 15.1. The summed E-state index contributed by atoms with van der Waals surface area (Å²) in [7, 11) is 0. The molecule has 3 N–H and O–H groups in total. The molecule has 1 saturated heterocycles. The van der Waals surface area contributed by atoms with E-state index in [-0.39, 0.29) is 11.6 Å². The number of phenols is 1. The number of nitrogens with one attached hydrogen (secondary N) is 2. The first-order valence-corrected chi connectivity index (χ1v) is 10.7. The third kappa shape index (κ3) is 5.57. The largest absolute Gasteiger partial charge is 0.508 e. The van der Waals surface area contributed by atoms with Crippen molar-refractivity contribution in [3.8, 4) is 17.0 Å². The van der Waals surface area contributed by atoms with Gasteiger partial charge in [0.15, 0.2) is 0 Å². The van der Waals surface area contributed by atoms with Gasteiger partial charge in [-0.05, 0) is 54.8 Å². The topological polar surface area (TPSA) is 73.3 Å². The second kappa shape index (κ2) is 9.85. The van der Waals surface area contributed by atoms with Crippen LogP contribution in [0.1, 0.15) is 18.1 Å². The van der Waals surface area contributed by atoms with Crippen LogP contribution < -0.4 is 10.6 Å². The summed E-state index contributed by atoms with van der Waals surface area (Å²) in [5.41, 5.74) is 3.23. The van der Waals surface area contributed by atoms with E-state index in [2.05, 4.69) is 32.4 Å². The molecule has 1 fully saturated rings. The molecular formula is C24H28FN5O. The van der Waals surface area contributed by atoms with Crippen LogP contribution in [0.2, 0.25) is 0 Å². The van der Waals surface area contributed by atoms with E-state index in [1.807, 2.05) is 24.3 Å². The lowest BCUT2D eigenvalue weighted by Crippen LogP contribution is -2.49. The molecule has 1 atom stereocenters. The van der Waals surface area contributed by atoms with Crippen LogP contribution in [0.15, 0.2) is 54.7 Å². The molecule has 1 aliphatic rings. The Labute approximate surface area is 182 Å². The van der Waals surface area contributed by atoms with Gasteiger partial charge >= 0.3 is 0 Å². The number of benzene rings is 2. The standard InChI is InChI=1S/C24H28FN5O/c1-17-15-26-12-13-30(17)16-19-4-7-22(25)21(14-19)23-9-11-28-24(29-23)27-10-8-18-2-5-20(31)6-3-18/h2-7,9,11,14,17,26,31H,8,10,12-13,15-16H2,1H3,(H,27,28,29). The lowest BCUT2D eigenvalue weighted by atomic mass is 10.1. The number of aromatic hydroxyl groups is 1. The van der Waals surface area contributed by atoms with Crippen LogP contribution in [-0.4, -0.2) is 52.2 Å². The minimum absolute atomic E-state index is 0.253. The van der Waals surface area contributed by atoms with Crippen molar-refractivity contribution in [2.75, 3.05) is 31.5 Å². The van der Waals surface area contributed by atoms with Crippen molar-refractivity contribution in [1.29, 1.82) is 0 Å². The molecule has 0 spiro atoms. The quantitative estimate of drug-likeness (QED) is 0.543. The highest BCUT2D eigenvalue weighted by molar-refractivity contribution is 5.61. The fourth-order valence-corrected chi connectivity index (χ4v) is 3.79. The second-order valence-corrected chi connectivity index (χ2v) is 7.95. The van der Waals surface area contributed by atoms with Crippen molar-refractivity contribution in [2.24, 2.45) is 0 Å². The number of aromatic nitrogens is 2. The van der Waals surface area contributed by atoms with Gasteiger partial charge in [-0.2, -0.15) is 0 Å². The molecule has 2 heterocycles. The molecule has 6 nitrogen and oxygen atoms in total. The Balaban J connectivity index is 1.44. The lowest BCUT2D eigenvalue weighted by molar-refractivity contribution is 0.165. The fraction of sp³-hybridized carbons (Fsp3) is 0.333. The maximum absolute atomic E-state index is 14.6. The smallest absolute Gasteiger partial charge is 0.223 e. The van der Waals surface area contributed by atoms with Gasteiger partial charge in [0.1, 0.15) is 11.6 Å². The lowest BCUT2D eigenvalue weighted by Gasteiger charge is -2.34. The summed E-state index contributed by atoms with van der Waals surface area (Å²) >= 11 is 0. The van der Waals surface area contributed by atoms with Crippen LogP contribution >= 0.6 is 0 Å². The van der Waals surface area contributed by atoms with Gasteiger partial charge in [0.2, 0.25) is 5.95 Å². The summed E-state index contributed by atoms with van der Waals surface area (Å²) in [5, 5.41) is 16.0. The normalized spacial score (nSPS) is 16.9. The van der Waals surface area contributed by atoms with Gasteiger partial charge in [0, 0.05) is 50.5 Å². The number of hydrogen-bond donors (Lipinski definition) is 3. The van der Waals surface area contributed by atoms with E-state index in [0.717, 1.165) is 43.7 Å². The van der Waals surface area contributed by atoms with Crippen LogP contribution in [0.25, 0.3) is 11.3 Å². The summed E-state index contributed by atoms with van der Waals surface area (Å²) < 4.78 is 14.6. The molecule has 0 saturated carbocycles. The van der Waals surface area contributed by atoms with Gasteiger partial charge in [0.25, 0.3) is 0 Å². The molecule has 1 aromatic heterocycles. The van der Waals surface area contributed by atoms with E-state index in [1.54, 1.807) is 24.4 Å². The van der Waals surface area contributed by atoms with E-state index in [0.29, 0.717) is 29.8 Å². The van der Waals surface area contributed by atoms with E-state index < -0.39 is 0 Å². The zero-order chi connectivity index (χ0) is 21.6. The van der Waals surface area contributed by atoms with Crippen LogP contribution in [0.4, 0.5) is 10.3 Å². The molecule has 4 rings (SSSR count). The molecule has 3 aromatic rings. The van der Waals surface area contributed by atoms with Gasteiger partial charge in [0.05, 0.1) is 5.69 Å². The van der Waals surface area contributed by atoms with Crippen LogP contribution in [-0.2, 0) is 13.0 Å². The van der Waals surface area contributed by atoms with E-state index in [4.69, 9.17) is 0 Å². The SMILES string of the molecule is CC1CNCCN1Cc1ccc(F)c(-c2ccnc(NCCc3ccc(O)cc3)n2)c1. The van der Waals surface area contributed by atoms with E-state index in [1.165, 1.54) is 6.07 Å². The molecule has 0 aliphatic carbocycles. The third-order valence-corrected chi connectivity index (χ3v) is 5.62. The van der Waals surface area contributed by atoms with E-state index >= 15 is 0 Å². The summed E-state index contributed by atoms with van der Waals surface area (Å²) in [6.45, 7) is 6.56. The molecule has 7 heteroatoms. The average molecular weight is 422 g/mol. The molecule has 0 bridgehead atoms. The number of hydrogen-bond acceptors (Lipinski definition) is 6. The average Bonchev–Trinajstić information content (AvgIpc) is 2.78. The molecule has 1 unspecified atom stereocenters. The number of anilines is 1. The highest BCUT2D eigenvalue weighted by atomic mass is 19.1. The van der Waals surface area contributed by atoms with Gasteiger partial charge in [-0.25, -0.2) is 14.4 Å². The van der Waals surface area contributed by atoms with Crippen molar-refractivity contribution >= 4 is 5.95 Å². The fourth-order valence-electron chi connectivity index (χ4n) is 3.79. The van der Waals surface area contributed by atoms with Crippen molar-refractivity contribution in [2.45, 2.75) is 25.9 Å². The number of halogens is 1. The van der Waals surface area contributed by atoms with Crippen LogP contribution in [0.5, 0.6) is 5.75 Å². The van der Waals surface area contributed by atoms with Crippen LogP contribution in [0.3, 0.4) is 0 Å². The second-order valence-electron chi connectivity index (χ2n) is 7.95. The maximum atomic E-state index is 14.6. The Morgan fingerprint density at radius 1 is 1.16 bits per heavy atom. The first kappa shape index (κ1) is 21.2. The minimum Gasteiger partial charge on any atom is -0.508 e. The maximum Gasteiger partial charge on any atom is 0.223 e. The molecule has 162 valence electrons. The minimum atomic E-state index is -0.286. The van der Waals surface area contributed by atoms with Crippen molar-refractivity contribution in [3.63, 3.8) is 0 Å². The molecule has 1 aliphatic heterocycles. The monoisotopic (exact) mass is 421 g/mol. The van der Waals surface area contributed by atoms with Crippen LogP contribution in [0, 0.1) is 5.82 Å². The highest BCUT2D eigenvalue weighted by Gasteiger charge is 2.18. The van der Waals surface area contributed by atoms with Gasteiger partial charge < -0.3 is 15.7 Å². The van der Waals surface area contributed by atoms with E-state index in [9.17, 15) is 9.50 Å². The number of nitrogens with zero attached hydrogens (tertiary/aromatic N) is 3. The van der Waals surface area contributed by atoms with Gasteiger partial charge in [-0.3, -0.25) is 4.90 Å². The zero-order valence-electron chi connectivity index (χ0n) is 17.7. The molecular weight excluding hydrogens is 393 g/mol. The molecule has 0 radical (unpaired) electrons. The summed E-state index contributed by atoms with van der Waals surface area (Å²) in [6.07, 6.45) is 2.41. The number of piperazine rings is 1. The Hall–Kier alpha value is -3.03. The Morgan fingerprint density at radius 2 is 1.97 bits per heavy atom.